The van der Waals surface area contributed by atoms with Crippen molar-refractivity contribution in [1.29, 1.82) is 0 Å². The van der Waals surface area contributed by atoms with E-state index in [1.807, 2.05) is 30.3 Å². The second-order valence-corrected chi connectivity index (χ2v) is 4.22. The van der Waals surface area contributed by atoms with Gasteiger partial charge in [-0.15, -0.1) is 0 Å². The van der Waals surface area contributed by atoms with E-state index in [-0.39, 0.29) is 5.91 Å². The number of aromatic nitrogens is 2. The zero-order chi connectivity index (χ0) is 13.8. The Bertz CT molecular complexity index is 762. The molecule has 1 aromatic heterocycles. The zero-order valence-electron chi connectivity index (χ0n) is 10.6. The SMILES string of the molecule is O=C(N/N=C/c1[nH]nc2ccccc12)c1ccccc1. The van der Waals surface area contributed by atoms with Crippen LogP contribution >= 0.6 is 0 Å². The molecular weight excluding hydrogens is 252 g/mol. The Kier molecular flexibility index (Phi) is 3.24. The van der Waals surface area contributed by atoms with Crippen molar-refractivity contribution in [2.45, 2.75) is 0 Å². The first kappa shape index (κ1) is 12.1. The predicted octanol–water partition coefficient (Wildman–Crippen LogP) is 2.33. The van der Waals surface area contributed by atoms with Gasteiger partial charge in [-0.05, 0) is 18.2 Å². The zero-order valence-corrected chi connectivity index (χ0v) is 10.6. The molecule has 1 amide bonds. The van der Waals surface area contributed by atoms with Gasteiger partial charge in [-0.25, -0.2) is 5.43 Å². The number of rotatable bonds is 3. The molecule has 5 heteroatoms. The Labute approximate surface area is 115 Å². The molecule has 0 unspecified atom stereocenters. The third-order valence-electron chi connectivity index (χ3n) is 2.89. The van der Waals surface area contributed by atoms with Gasteiger partial charge in [0.25, 0.3) is 5.91 Å². The van der Waals surface area contributed by atoms with Gasteiger partial charge >= 0.3 is 0 Å². The molecule has 5 nitrogen and oxygen atoms in total. The van der Waals surface area contributed by atoms with E-state index in [9.17, 15) is 4.79 Å². The van der Waals surface area contributed by atoms with Crippen molar-refractivity contribution < 1.29 is 4.79 Å². The minimum atomic E-state index is -0.245. The average molecular weight is 264 g/mol. The number of carbonyl (C=O) groups is 1. The summed E-state index contributed by atoms with van der Waals surface area (Å²) in [7, 11) is 0. The van der Waals surface area contributed by atoms with E-state index in [1.165, 1.54) is 0 Å². The molecule has 0 saturated carbocycles. The number of benzene rings is 2. The second-order valence-electron chi connectivity index (χ2n) is 4.22. The molecule has 0 saturated heterocycles. The summed E-state index contributed by atoms with van der Waals surface area (Å²) in [5.74, 6) is -0.245. The number of para-hydroxylation sites is 1. The quantitative estimate of drug-likeness (QED) is 0.563. The first-order chi connectivity index (χ1) is 9.84. The fourth-order valence-corrected chi connectivity index (χ4v) is 1.89. The van der Waals surface area contributed by atoms with E-state index in [1.54, 1.807) is 30.5 Å². The van der Waals surface area contributed by atoms with Crippen LogP contribution in [0.2, 0.25) is 0 Å². The van der Waals surface area contributed by atoms with Gasteiger partial charge in [0.05, 0.1) is 17.4 Å². The van der Waals surface area contributed by atoms with Crippen molar-refractivity contribution in [3.8, 4) is 0 Å². The number of hydrogen-bond acceptors (Lipinski definition) is 3. The number of aromatic amines is 1. The van der Waals surface area contributed by atoms with Gasteiger partial charge in [-0.3, -0.25) is 9.89 Å². The molecule has 3 aromatic rings. The van der Waals surface area contributed by atoms with E-state index in [0.29, 0.717) is 5.56 Å². The number of nitrogens with zero attached hydrogens (tertiary/aromatic N) is 2. The summed E-state index contributed by atoms with van der Waals surface area (Å²) < 4.78 is 0. The van der Waals surface area contributed by atoms with Crippen molar-refractivity contribution in [1.82, 2.24) is 15.6 Å². The molecule has 0 aliphatic rings. The van der Waals surface area contributed by atoms with Crippen molar-refractivity contribution in [3.05, 3.63) is 65.9 Å². The number of fused-ring (bicyclic) bond motifs is 1. The van der Waals surface area contributed by atoms with Gasteiger partial charge in [0.2, 0.25) is 0 Å². The minimum Gasteiger partial charge on any atom is -0.276 e. The number of hydrogen-bond donors (Lipinski definition) is 2. The molecule has 2 N–H and O–H groups in total. The summed E-state index contributed by atoms with van der Waals surface area (Å²) in [6, 6.07) is 16.6. The minimum absolute atomic E-state index is 0.245. The van der Waals surface area contributed by atoms with Crippen LogP contribution < -0.4 is 5.43 Å². The second kappa shape index (κ2) is 5.36. The van der Waals surface area contributed by atoms with Gasteiger partial charge < -0.3 is 0 Å². The largest absolute Gasteiger partial charge is 0.276 e. The number of carbonyl (C=O) groups excluding carboxylic acids is 1. The highest BCUT2D eigenvalue weighted by Crippen LogP contribution is 2.12. The fourth-order valence-electron chi connectivity index (χ4n) is 1.89. The Hall–Kier alpha value is -2.95. The highest BCUT2D eigenvalue weighted by atomic mass is 16.2. The topological polar surface area (TPSA) is 70.1 Å². The molecule has 20 heavy (non-hydrogen) atoms. The van der Waals surface area contributed by atoms with Crippen molar-refractivity contribution in [2.24, 2.45) is 5.10 Å². The first-order valence-electron chi connectivity index (χ1n) is 6.16. The molecule has 0 bridgehead atoms. The summed E-state index contributed by atoms with van der Waals surface area (Å²) in [4.78, 5) is 11.8. The van der Waals surface area contributed by atoms with Crippen molar-refractivity contribution in [3.63, 3.8) is 0 Å². The molecule has 0 aliphatic carbocycles. The summed E-state index contributed by atoms with van der Waals surface area (Å²) in [5.41, 5.74) is 4.68. The van der Waals surface area contributed by atoms with Crippen LogP contribution in [0.25, 0.3) is 10.9 Å². The van der Waals surface area contributed by atoms with Crippen LogP contribution in [0.4, 0.5) is 0 Å². The number of amides is 1. The van der Waals surface area contributed by atoms with Crippen LogP contribution in [0, 0.1) is 0 Å². The van der Waals surface area contributed by atoms with Gasteiger partial charge in [0.15, 0.2) is 0 Å². The Balaban J connectivity index is 1.74. The lowest BCUT2D eigenvalue weighted by atomic mass is 10.2. The van der Waals surface area contributed by atoms with Gasteiger partial charge in [0.1, 0.15) is 0 Å². The molecule has 0 spiro atoms. The number of hydrazone groups is 1. The standard InChI is InChI=1S/C15H12N4O/c20-15(11-6-2-1-3-7-11)19-16-10-14-12-8-4-5-9-13(12)17-18-14/h1-10H,(H,17,18)(H,19,20)/b16-10+. The molecule has 0 aliphatic heterocycles. The molecule has 0 atom stereocenters. The average Bonchev–Trinajstić information content (AvgIpc) is 2.92. The van der Waals surface area contributed by atoms with E-state index in [0.717, 1.165) is 16.6 Å². The molecule has 98 valence electrons. The first-order valence-corrected chi connectivity index (χ1v) is 6.16. The Morgan fingerprint density at radius 1 is 1.10 bits per heavy atom. The van der Waals surface area contributed by atoms with Crippen LogP contribution in [0.3, 0.4) is 0 Å². The predicted molar refractivity (Wildman–Crippen MR) is 77.6 cm³/mol. The van der Waals surface area contributed by atoms with Crippen LogP contribution in [-0.4, -0.2) is 22.3 Å². The van der Waals surface area contributed by atoms with Crippen molar-refractivity contribution in [2.75, 3.05) is 0 Å². The Morgan fingerprint density at radius 3 is 2.70 bits per heavy atom. The molecular formula is C15H12N4O. The number of nitrogens with one attached hydrogen (secondary N) is 2. The van der Waals surface area contributed by atoms with Crippen LogP contribution in [0.5, 0.6) is 0 Å². The van der Waals surface area contributed by atoms with Gasteiger partial charge in [-0.2, -0.15) is 10.2 Å². The maximum absolute atomic E-state index is 11.8. The maximum Gasteiger partial charge on any atom is 0.271 e. The Morgan fingerprint density at radius 2 is 1.85 bits per heavy atom. The molecule has 3 rings (SSSR count). The highest BCUT2D eigenvalue weighted by Gasteiger charge is 2.03. The van der Waals surface area contributed by atoms with Crippen LogP contribution in [0.15, 0.2) is 59.7 Å². The lowest BCUT2D eigenvalue weighted by Crippen LogP contribution is -2.17. The van der Waals surface area contributed by atoms with E-state index < -0.39 is 0 Å². The fraction of sp³-hybridized carbons (Fsp3) is 0. The van der Waals surface area contributed by atoms with Crippen molar-refractivity contribution >= 4 is 23.0 Å². The van der Waals surface area contributed by atoms with Gasteiger partial charge in [0, 0.05) is 10.9 Å². The van der Waals surface area contributed by atoms with E-state index in [2.05, 4.69) is 20.7 Å². The lowest BCUT2D eigenvalue weighted by molar-refractivity contribution is 0.0955. The monoisotopic (exact) mass is 264 g/mol. The normalized spacial score (nSPS) is 11.0. The smallest absolute Gasteiger partial charge is 0.271 e. The molecule has 0 radical (unpaired) electrons. The maximum atomic E-state index is 11.8. The highest BCUT2D eigenvalue weighted by molar-refractivity contribution is 5.98. The third-order valence-corrected chi connectivity index (χ3v) is 2.89. The third kappa shape index (κ3) is 2.42. The summed E-state index contributed by atoms with van der Waals surface area (Å²) in [5, 5.41) is 11.9. The van der Waals surface area contributed by atoms with E-state index in [4.69, 9.17) is 0 Å². The van der Waals surface area contributed by atoms with Crippen LogP contribution in [0.1, 0.15) is 16.1 Å². The van der Waals surface area contributed by atoms with Gasteiger partial charge in [-0.1, -0.05) is 36.4 Å². The lowest BCUT2D eigenvalue weighted by Gasteiger charge is -1.98. The summed E-state index contributed by atoms with van der Waals surface area (Å²) in [6.07, 6.45) is 1.55. The summed E-state index contributed by atoms with van der Waals surface area (Å²) >= 11 is 0. The summed E-state index contributed by atoms with van der Waals surface area (Å²) in [6.45, 7) is 0. The van der Waals surface area contributed by atoms with E-state index >= 15 is 0 Å². The van der Waals surface area contributed by atoms with Crippen LogP contribution in [-0.2, 0) is 0 Å². The molecule has 1 heterocycles. The molecule has 0 fully saturated rings. The molecule has 2 aromatic carbocycles. The number of H-pyrrole nitrogens is 1.